The number of nitrogen functional groups attached to an aromatic ring is 1. The molecule has 0 bridgehead atoms. The minimum Gasteiger partial charge on any atom is -0.398 e. The van der Waals surface area contributed by atoms with Gasteiger partial charge in [-0.1, -0.05) is 26.3 Å². The van der Waals surface area contributed by atoms with Crippen molar-refractivity contribution in [2.24, 2.45) is 5.92 Å². The van der Waals surface area contributed by atoms with Crippen molar-refractivity contribution in [3.63, 3.8) is 0 Å². The van der Waals surface area contributed by atoms with Gasteiger partial charge in [0.05, 0.1) is 11.5 Å². The lowest BCUT2D eigenvalue weighted by Gasteiger charge is -2.10. The largest absolute Gasteiger partial charge is 0.398 e. The molecule has 0 aromatic heterocycles. The summed E-state index contributed by atoms with van der Waals surface area (Å²) in [6, 6.07) is 3.80. The highest BCUT2D eigenvalue weighted by Gasteiger charge is 2.17. The van der Waals surface area contributed by atoms with Crippen molar-refractivity contribution < 1.29 is 12.8 Å². The normalized spacial score (nSPS) is 13.6. The minimum absolute atomic E-state index is 0.122. The molecule has 1 aromatic rings. The summed E-state index contributed by atoms with van der Waals surface area (Å²) in [6.07, 6.45) is 0.818. The highest BCUT2D eigenvalue weighted by Crippen LogP contribution is 2.18. The van der Waals surface area contributed by atoms with Crippen LogP contribution in [0.15, 0.2) is 18.2 Å². The monoisotopic (exact) mass is 259 g/mol. The molecule has 3 nitrogen and oxygen atoms in total. The van der Waals surface area contributed by atoms with Crippen molar-refractivity contribution in [1.82, 2.24) is 0 Å². The van der Waals surface area contributed by atoms with Crippen molar-refractivity contribution in [1.29, 1.82) is 0 Å². The van der Waals surface area contributed by atoms with Gasteiger partial charge in [-0.3, -0.25) is 0 Å². The van der Waals surface area contributed by atoms with E-state index in [9.17, 15) is 12.8 Å². The number of anilines is 1. The van der Waals surface area contributed by atoms with Crippen LogP contribution >= 0.6 is 0 Å². The third kappa shape index (κ3) is 4.34. The maximum atomic E-state index is 12.8. The first-order valence-electron chi connectivity index (χ1n) is 5.58. The Morgan fingerprint density at radius 3 is 2.59 bits per heavy atom. The van der Waals surface area contributed by atoms with Gasteiger partial charge >= 0.3 is 0 Å². The summed E-state index contributed by atoms with van der Waals surface area (Å²) in [4.78, 5) is 0. The Labute approximate surface area is 102 Å². The highest BCUT2D eigenvalue weighted by molar-refractivity contribution is 7.90. The zero-order valence-electron chi connectivity index (χ0n) is 10.1. The molecular weight excluding hydrogens is 241 g/mol. The van der Waals surface area contributed by atoms with Gasteiger partial charge in [-0.15, -0.1) is 0 Å². The van der Waals surface area contributed by atoms with Crippen molar-refractivity contribution >= 4 is 15.5 Å². The molecule has 0 fully saturated rings. The Morgan fingerprint density at radius 1 is 1.41 bits per heavy atom. The number of sulfone groups is 1. The Bertz CT molecular complexity index is 485. The molecule has 96 valence electrons. The van der Waals surface area contributed by atoms with Crippen LogP contribution in [0.25, 0.3) is 0 Å². The van der Waals surface area contributed by atoms with Gasteiger partial charge in [0.15, 0.2) is 9.84 Å². The fourth-order valence-corrected chi connectivity index (χ4v) is 3.50. The van der Waals surface area contributed by atoms with Crippen LogP contribution in [0.3, 0.4) is 0 Å². The second kappa shape index (κ2) is 5.49. The van der Waals surface area contributed by atoms with Crippen molar-refractivity contribution in [2.45, 2.75) is 26.0 Å². The number of hydrogen-bond donors (Lipinski definition) is 1. The van der Waals surface area contributed by atoms with Crippen LogP contribution in [0, 0.1) is 11.7 Å². The Balaban J connectivity index is 2.83. The van der Waals surface area contributed by atoms with E-state index in [1.165, 1.54) is 12.1 Å². The summed E-state index contributed by atoms with van der Waals surface area (Å²) >= 11 is 0. The number of halogens is 1. The number of rotatable bonds is 5. The van der Waals surface area contributed by atoms with Gasteiger partial charge < -0.3 is 5.73 Å². The van der Waals surface area contributed by atoms with Crippen LogP contribution in [0.2, 0.25) is 0 Å². The van der Waals surface area contributed by atoms with Crippen LogP contribution in [0.5, 0.6) is 0 Å². The lowest BCUT2D eigenvalue weighted by molar-refractivity contribution is 0.563. The molecule has 0 amide bonds. The second-order valence-corrected chi connectivity index (χ2v) is 6.52. The lowest BCUT2D eigenvalue weighted by Crippen LogP contribution is -2.16. The molecule has 17 heavy (non-hydrogen) atoms. The molecule has 0 aliphatic carbocycles. The summed E-state index contributed by atoms with van der Waals surface area (Å²) < 4.78 is 36.5. The number of hydrogen-bond acceptors (Lipinski definition) is 3. The van der Waals surface area contributed by atoms with Crippen molar-refractivity contribution in [2.75, 3.05) is 11.5 Å². The van der Waals surface area contributed by atoms with Crippen LogP contribution in [-0.4, -0.2) is 14.2 Å². The van der Waals surface area contributed by atoms with E-state index in [2.05, 4.69) is 0 Å². The average Bonchev–Trinajstić information content (AvgIpc) is 2.21. The summed E-state index contributed by atoms with van der Waals surface area (Å²) in [5.74, 6) is -0.309. The van der Waals surface area contributed by atoms with Crippen LogP contribution in [0.4, 0.5) is 10.1 Å². The Hall–Kier alpha value is -1.10. The first-order chi connectivity index (χ1) is 7.84. The predicted molar refractivity (Wildman–Crippen MR) is 67.8 cm³/mol. The van der Waals surface area contributed by atoms with Gasteiger partial charge in [-0.25, -0.2) is 12.8 Å². The molecule has 0 heterocycles. The quantitative estimate of drug-likeness (QED) is 0.826. The zero-order chi connectivity index (χ0) is 13.1. The van der Waals surface area contributed by atoms with Gasteiger partial charge in [0.1, 0.15) is 5.82 Å². The fourth-order valence-electron chi connectivity index (χ4n) is 1.54. The molecule has 2 N–H and O–H groups in total. The maximum Gasteiger partial charge on any atom is 0.154 e. The molecule has 5 heteroatoms. The Kier molecular flexibility index (Phi) is 4.51. The van der Waals surface area contributed by atoms with Gasteiger partial charge in [-0.05, 0) is 23.6 Å². The van der Waals surface area contributed by atoms with E-state index in [0.29, 0.717) is 5.56 Å². The summed E-state index contributed by atoms with van der Waals surface area (Å²) in [7, 11) is -3.18. The Morgan fingerprint density at radius 2 is 2.06 bits per heavy atom. The fraction of sp³-hybridized carbons (Fsp3) is 0.500. The van der Waals surface area contributed by atoms with Crippen molar-refractivity contribution in [3.05, 3.63) is 29.6 Å². The van der Waals surface area contributed by atoms with Crippen LogP contribution in [-0.2, 0) is 15.6 Å². The molecule has 0 spiro atoms. The maximum absolute atomic E-state index is 12.8. The predicted octanol–water partition coefficient (Wildman–Crippen LogP) is 2.37. The third-order valence-corrected chi connectivity index (χ3v) is 4.55. The molecule has 1 aromatic carbocycles. The minimum atomic E-state index is -3.18. The van der Waals surface area contributed by atoms with Gasteiger partial charge in [-0.2, -0.15) is 0 Å². The van der Waals surface area contributed by atoms with E-state index in [1.54, 1.807) is 0 Å². The molecule has 0 saturated heterocycles. The molecule has 0 aliphatic heterocycles. The molecular formula is C12H18FNO2S. The molecule has 1 unspecified atom stereocenters. The van der Waals surface area contributed by atoms with E-state index < -0.39 is 15.7 Å². The van der Waals surface area contributed by atoms with E-state index in [-0.39, 0.29) is 23.1 Å². The number of benzene rings is 1. The van der Waals surface area contributed by atoms with Crippen LogP contribution < -0.4 is 5.73 Å². The first-order valence-corrected chi connectivity index (χ1v) is 7.40. The topological polar surface area (TPSA) is 60.2 Å². The summed E-state index contributed by atoms with van der Waals surface area (Å²) in [5.41, 5.74) is 6.25. The van der Waals surface area contributed by atoms with Crippen LogP contribution in [0.1, 0.15) is 25.8 Å². The van der Waals surface area contributed by atoms with E-state index >= 15 is 0 Å². The molecule has 0 aliphatic rings. The third-order valence-electron chi connectivity index (χ3n) is 2.72. The van der Waals surface area contributed by atoms with Gasteiger partial charge in [0.25, 0.3) is 0 Å². The molecule has 0 radical (unpaired) electrons. The van der Waals surface area contributed by atoms with E-state index in [0.717, 1.165) is 12.5 Å². The van der Waals surface area contributed by atoms with Gasteiger partial charge in [0, 0.05) is 5.69 Å². The molecule has 0 saturated carbocycles. The smallest absolute Gasteiger partial charge is 0.154 e. The standard InChI is InChI=1S/C12H18FNO2S/c1-3-9(2)7-17(15,16)8-10-4-5-11(13)6-12(10)14/h4-6,9H,3,7-8,14H2,1-2H3. The molecule has 1 rings (SSSR count). The SMILES string of the molecule is CCC(C)CS(=O)(=O)Cc1ccc(F)cc1N. The average molecular weight is 259 g/mol. The number of nitrogens with two attached hydrogens (primary N) is 1. The summed E-state index contributed by atoms with van der Waals surface area (Å²) in [5, 5.41) is 0. The summed E-state index contributed by atoms with van der Waals surface area (Å²) in [6.45, 7) is 3.85. The van der Waals surface area contributed by atoms with E-state index in [4.69, 9.17) is 5.73 Å². The second-order valence-electron chi connectivity index (χ2n) is 4.41. The zero-order valence-corrected chi connectivity index (χ0v) is 10.9. The van der Waals surface area contributed by atoms with Crippen molar-refractivity contribution in [3.8, 4) is 0 Å². The van der Waals surface area contributed by atoms with E-state index in [1.807, 2.05) is 13.8 Å². The highest BCUT2D eigenvalue weighted by atomic mass is 32.2. The van der Waals surface area contributed by atoms with Gasteiger partial charge in [0.2, 0.25) is 0 Å². The first kappa shape index (κ1) is 14.0. The lowest BCUT2D eigenvalue weighted by atomic mass is 10.2. The molecule has 1 atom stereocenters.